The van der Waals surface area contributed by atoms with Crippen molar-refractivity contribution in [3.63, 3.8) is 0 Å². The number of carbonyl (C=O) groups excluding carboxylic acids is 2. The zero-order valence-corrected chi connectivity index (χ0v) is 14.7. The minimum absolute atomic E-state index is 0.180. The van der Waals surface area contributed by atoms with Crippen LogP contribution < -0.4 is 10.6 Å². The molecular weight excluding hydrogens is 336 g/mol. The van der Waals surface area contributed by atoms with Crippen LogP contribution in [0, 0.1) is 5.41 Å². The van der Waals surface area contributed by atoms with Gasteiger partial charge in [0, 0.05) is 18.1 Å². The quantitative estimate of drug-likeness (QED) is 0.749. The molecule has 0 heterocycles. The van der Waals surface area contributed by atoms with Gasteiger partial charge >= 0.3 is 0 Å². The number of hydrogen-bond donors (Lipinski definition) is 2. The maximum Gasteiger partial charge on any atom is 0.235 e. The first-order chi connectivity index (χ1) is 12.1. The normalized spacial score (nSPS) is 14.6. The Labute approximate surface area is 152 Å². The van der Waals surface area contributed by atoms with Crippen molar-refractivity contribution in [2.24, 2.45) is 5.41 Å². The highest BCUT2D eigenvalue weighted by Crippen LogP contribution is 2.46. The van der Waals surface area contributed by atoms with Gasteiger partial charge in [-0.3, -0.25) is 9.59 Å². The Morgan fingerprint density at radius 3 is 2.28 bits per heavy atom. The van der Waals surface area contributed by atoms with Crippen LogP contribution in [-0.2, 0) is 22.6 Å². The van der Waals surface area contributed by atoms with Crippen molar-refractivity contribution >= 4 is 23.4 Å². The van der Waals surface area contributed by atoms with Crippen LogP contribution in [0.3, 0.4) is 0 Å². The van der Waals surface area contributed by atoms with Gasteiger partial charge in [-0.2, -0.15) is 0 Å². The lowest BCUT2D eigenvalue weighted by Crippen LogP contribution is -2.43. The number of carbonyl (C=O) groups is 2. The van der Waals surface area contributed by atoms with E-state index in [0.29, 0.717) is 37.4 Å². The molecule has 2 N–H and O–H groups in total. The van der Waals surface area contributed by atoms with Crippen LogP contribution in [0.15, 0.2) is 54.6 Å². The number of rotatable bonds is 7. The molecule has 3 rings (SSSR count). The molecule has 5 heteroatoms. The maximum atomic E-state index is 12.4. The number of halogens is 1. The van der Waals surface area contributed by atoms with Crippen molar-refractivity contribution in [3.8, 4) is 0 Å². The fourth-order valence-electron chi connectivity index (χ4n) is 2.81. The number of hydrogen-bond acceptors (Lipinski definition) is 2. The van der Waals surface area contributed by atoms with E-state index in [1.54, 1.807) is 0 Å². The van der Waals surface area contributed by atoms with E-state index >= 15 is 0 Å². The molecular formula is C20H21ClN2O2. The second-order valence-electron chi connectivity index (χ2n) is 6.39. The molecule has 2 amide bonds. The highest BCUT2D eigenvalue weighted by molar-refractivity contribution is 6.30. The Morgan fingerprint density at radius 1 is 0.920 bits per heavy atom. The van der Waals surface area contributed by atoms with Crippen molar-refractivity contribution in [1.82, 2.24) is 10.6 Å². The van der Waals surface area contributed by atoms with E-state index in [2.05, 4.69) is 10.6 Å². The van der Waals surface area contributed by atoms with E-state index in [1.165, 1.54) is 0 Å². The fraction of sp³-hybridized carbons (Fsp3) is 0.300. The predicted molar refractivity (Wildman–Crippen MR) is 98.1 cm³/mol. The third kappa shape index (κ3) is 4.40. The highest BCUT2D eigenvalue weighted by Gasteiger charge is 2.56. The molecule has 0 unspecified atom stereocenters. The first-order valence-electron chi connectivity index (χ1n) is 8.45. The zero-order valence-electron chi connectivity index (χ0n) is 13.9. The smallest absolute Gasteiger partial charge is 0.235 e. The Hall–Kier alpha value is -2.33. The fourth-order valence-corrected chi connectivity index (χ4v) is 3.02. The molecule has 0 aromatic heterocycles. The van der Waals surface area contributed by atoms with E-state index in [1.807, 2.05) is 54.6 Å². The molecule has 1 aliphatic rings. The standard InChI is InChI=1S/C20H21ClN2O2/c21-17-8-4-7-15(13-17)9-12-22-18(24)20(10-11-20)19(25)23-14-16-5-2-1-3-6-16/h1-8,13H,9-12,14H2,(H,22,24)(H,23,25). The lowest BCUT2D eigenvalue weighted by Gasteiger charge is -2.15. The van der Waals surface area contributed by atoms with Gasteiger partial charge in [0.15, 0.2) is 0 Å². The third-order valence-electron chi connectivity index (χ3n) is 4.50. The summed E-state index contributed by atoms with van der Waals surface area (Å²) in [6.07, 6.45) is 1.90. The minimum atomic E-state index is -0.886. The summed E-state index contributed by atoms with van der Waals surface area (Å²) >= 11 is 5.96. The summed E-state index contributed by atoms with van der Waals surface area (Å²) in [7, 11) is 0. The van der Waals surface area contributed by atoms with Crippen LogP contribution in [0.25, 0.3) is 0 Å². The molecule has 25 heavy (non-hydrogen) atoms. The van der Waals surface area contributed by atoms with Gasteiger partial charge in [0.1, 0.15) is 5.41 Å². The van der Waals surface area contributed by atoms with Crippen LogP contribution in [0.1, 0.15) is 24.0 Å². The molecule has 0 bridgehead atoms. The van der Waals surface area contributed by atoms with Crippen LogP contribution in [0.5, 0.6) is 0 Å². The van der Waals surface area contributed by atoms with Crippen molar-refractivity contribution in [3.05, 3.63) is 70.7 Å². The summed E-state index contributed by atoms with van der Waals surface area (Å²) in [4.78, 5) is 24.9. The summed E-state index contributed by atoms with van der Waals surface area (Å²) in [5.41, 5.74) is 1.20. The van der Waals surface area contributed by atoms with Crippen LogP contribution in [0.2, 0.25) is 5.02 Å². The maximum absolute atomic E-state index is 12.4. The van der Waals surface area contributed by atoms with Gasteiger partial charge < -0.3 is 10.6 Å². The Balaban J connectivity index is 1.48. The molecule has 1 aliphatic carbocycles. The van der Waals surface area contributed by atoms with Gasteiger partial charge in [-0.05, 0) is 42.5 Å². The van der Waals surface area contributed by atoms with Gasteiger partial charge in [0.25, 0.3) is 0 Å². The van der Waals surface area contributed by atoms with Crippen LogP contribution in [-0.4, -0.2) is 18.4 Å². The summed E-state index contributed by atoms with van der Waals surface area (Å²) in [5.74, 6) is -0.364. The summed E-state index contributed by atoms with van der Waals surface area (Å²) < 4.78 is 0. The van der Waals surface area contributed by atoms with Gasteiger partial charge in [-0.15, -0.1) is 0 Å². The monoisotopic (exact) mass is 356 g/mol. The van der Waals surface area contributed by atoms with Gasteiger partial charge in [0.2, 0.25) is 11.8 Å². The second kappa shape index (κ2) is 7.70. The van der Waals surface area contributed by atoms with Crippen LogP contribution in [0.4, 0.5) is 0 Å². The van der Waals surface area contributed by atoms with Crippen molar-refractivity contribution in [2.75, 3.05) is 6.54 Å². The Bertz CT molecular complexity index is 757. The van der Waals surface area contributed by atoms with Crippen molar-refractivity contribution in [1.29, 1.82) is 0 Å². The minimum Gasteiger partial charge on any atom is -0.355 e. The first kappa shape index (κ1) is 17.5. The molecule has 1 fully saturated rings. The van der Waals surface area contributed by atoms with Crippen molar-refractivity contribution in [2.45, 2.75) is 25.8 Å². The molecule has 0 atom stereocenters. The first-order valence-corrected chi connectivity index (χ1v) is 8.83. The summed E-state index contributed by atoms with van der Waals surface area (Å²) in [6.45, 7) is 0.935. The van der Waals surface area contributed by atoms with E-state index < -0.39 is 5.41 Å². The lowest BCUT2D eigenvalue weighted by molar-refractivity contribution is -0.137. The Kier molecular flexibility index (Phi) is 5.39. The topological polar surface area (TPSA) is 58.2 Å². The predicted octanol–water partition coefficient (Wildman–Crippen LogP) is 3.10. The number of benzene rings is 2. The Morgan fingerprint density at radius 2 is 1.60 bits per heavy atom. The molecule has 130 valence electrons. The largest absolute Gasteiger partial charge is 0.355 e. The molecule has 1 saturated carbocycles. The molecule has 0 aliphatic heterocycles. The highest BCUT2D eigenvalue weighted by atomic mass is 35.5. The molecule has 2 aromatic rings. The average molecular weight is 357 g/mol. The molecule has 4 nitrogen and oxygen atoms in total. The average Bonchev–Trinajstić information content (AvgIpc) is 3.43. The molecule has 0 saturated heterocycles. The second-order valence-corrected chi connectivity index (χ2v) is 6.82. The summed E-state index contributed by atoms with van der Waals surface area (Å²) in [5, 5.41) is 6.45. The van der Waals surface area contributed by atoms with Crippen molar-refractivity contribution < 1.29 is 9.59 Å². The zero-order chi connectivity index (χ0) is 17.7. The molecule has 0 radical (unpaired) electrons. The van der Waals surface area contributed by atoms with Crippen LogP contribution >= 0.6 is 11.6 Å². The summed E-state index contributed by atoms with van der Waals surface area (Å²) in [6, 6.07) is 17.2. The molecule has 0 spiro atoms. The SMILES string of the molecule is O=C(NCCc1cccc(Cl)c1)C1(C(=O)NCc2ccccc2)CC1. The van der Waals surface area contributed by atoms with Gasteiger partial charge in [-0.1, -0.05) is 54.1 Å². The molecule has 2 aromatic carbocycles. The third-order valence-corrected chi connectivity index (χ3v) is 4.74. The number of nitrogens with one attached hydrogen (secondary N) is 2. The van der Waals surface area contributed by atoms with E-state index in [9.17, 15) is 9.59 Å². The number of amides is 2. The van der Waals surface area contributed by atoms with Gasteiger partial charge in [0.05, 0.1) is 0 Å². The van der Waals surface area contributed by atoms with E-state index in [0.717, 1.165) is 11.1 Å². The lowest BCUT2D eigenvalue weighted by atomic mass is 10.0. The van der Waals surface area contributed by atoms with E-state index in [-0.39, 0.29) is 11.8 Å². The van der Waals surface area contributed by atoms with Gasteiger partial charge in [-0.25, -0.2) is 0 Å². The van der Waals surface area contributed by atoms with E-state index in [4.69, 9.17) is 11.6 Å².